The van der Waals surface area contributed by atoms with Gasteiger partial charge in [-0.2, -0.15) is 0 Å². The Kier molecular flexibility index (Phi) is 2.89. The highest BCUT2D eigenvalue weighted by Gasteiger charge is 2.65. The van der Waals surface area contributed by atoms with Crippen LogP contribution in [0, 0.1) is 17.8 Å². The minimum atomic E-state index is 0.280. The molecule has 3 nitrogen and oxygen atoms in total. The van der Waals surface area contributed by atoms with Gasteiger partial charge in [0.2, 0.25) is 0 Å². The lowest BCUT2D eigenvalue weighted by Gasteiger charge is -2.10. The van der Waals surface area contributed by atoms with E-state index in [1.807, 2.05) is 19.1 Å². The highest BCUT2D eigenvalue weighted by atomic mass is 32.1. The smallest absolute Gasteiger partial charge is 0.127 e. The summed E-state index contributed by atoms with van der Waals surface area (Å²) in [6, 6.07) is 4.27. The molecule has 1 aromatic rings. The fourth-order valence-corrected chi connectivity index (χ4v) is 2.71. The molecule has 0 saturated heterocycles. The highest BCUT2D eigenvalue weighted by Crippen LogP contribution is 2.63. The number of thiocarbonyl (C=S) groups is 1. The van der Waals surface area contributed by atoms with E-state index in [4.69, 9.17) is 18.0 Å². The molecule has 0 radical (unpaired) electrons. The molecular weight excluding hydrogens is 242 g/mol. The number of pyridine rings is 1. The zero-order valence-electron chi connectivity index (χ0n) is 11.7. The summed E-state index contributed by atoms with van der Waals surface area (Å²) in [5.41, 5.74) is 8.04. The van der Waals surface area contributed by atoms with E-state index in [0.717, 1.165) is 17.1 Å². The quantitative estimate of drug-likeness (QED) is 0.823. The van der Waals surface area contributed by atoms with Gasteiger partial charge in [0.1, 0.15) is 10.8 Å². The zero-order chi connectivity index (χ0) is 13.7. The average Bonchev–Trinajstić information content (AvgIpc) is 2.60. The third-order valence-corrected chi connectivity index (χ3v) is 4.79. The molecule has 1 heterocycles. The molecule has 1 aliphatic carbocycles. The Balaban J connectivity index is 2.24. The Hall–Kier alpha value is -1.16. The van der Waals surface area contributed by atoms with Crippen LogP contribution in [0.5, 0.6) is 0 Å². The Morgan fingerprint density at radius 2 is 1.83 bits per heavy atom. The second kappa shape index (κ2) is 3.92. The first-order chi connectivity index (χ1) is 8.16. The van der Waals surface area contributed by atoms with Crippen LogP contribution in [0.15, 0.2) is 12.1 Å². The molecule has 18 heavy (non-hydrogen) atoms. The molecule has 1 aliphatic rings. The molecule has 0 spiro atoms. The van der Waals surface area contributed by atoms with Gasteiger partial charge in [0.15, 0.2) is 0 Å². The van der Waals surface area contributed by atoms with Crippen LogP contribution in [0.4, 0.5) is 5.82 Å². The molecule has 0 unspecified atom stereocenters. The topological polar surface area (TPSA) is 50.9 Å². The third-order valence-electron chi connectivity index (χ3n) is 4.55. The number of anilines is 1. The van der Waals surface area contributed by atoms with Crippen LogP contribution in [0.3, 0.4) is 0 Å². The van der Waals surface area contributed by atoms with Crippen LogP contribution >= 0.6 is 12.2 Å². The van der Waals surface area contributed by atoms with Crippen molar-refractivity contribution < 1.29 is 0 Å². The van der Waals surface area contributed by atoms with Crippen molar-refractivity contribution >= 4 is 23.0 Å². The number of aromatic nitrogens is 1. The number of nitrogens with one attached hydrogen (secondary N) is 1. The number of hydrogen-bond acceptors (Lipinski definition) is 3. The number of hydrogen-bond donors (Lipinski definition) is 2. The van der Waals surface area contributed by atoms with E-state index < -0.39 is 0 Å². The molecule has 0 amide bonds. The fraction of sp³-hybridized carbons (Fsp3) is 0.571. The van der Waals surface area contributed by atoms with E-state index in [9.17, 15) is 0 Å². The molecule has 1 saturated carbocycles. The molecule has 2 rings (SSSR count). The van der Waals surface area contributed by atoms with Gasteiger partial charge in [-0.3, -0.25) is 0 Å². The van der Waals surface area contributed by atoms with Gasteiger partial charge >= 0.3 is 0 Å². The summed E-state index contributed by atoms with van der Waals surface area (Å²) in [4.78, 5) is 4.92. The Morgan fingerprint density at radius 3 is 2.28 bits per heavy atom. The minimum absolute atomic E-state index is 0.280. The van der Waals surface area contributed by atoms with E-state index in [0.29, 0.717) is 11.0 Å². The van der Waals surface area contributed by atoms with Gasteiger partial charge in [0.25, 0.3) is 0 Å². The van der Waals surface area contributed by atoms with E-state index >= 15 is 0 Å². The predicted octanol–water partition coefficient (Wildman–Crippen LogP) is 2.87. The number of aryl methyl sites for hydroxylation is 1. The van der Waals surface area contributed by atoms with E-state index in [1.165, 1.54) is 0 Å². The first-order valence-corrected chi connectivity index (χ1v) is 6.62. The van der Waals surface area contributed by atoms with Crippen LogP contribution in [-0.2, 0) is 0 Å². The lowest BCUT2D eigenvalue weighted by Crippen LogP contribution is -2.14. The van der Waals surface area contributed by atoms with Crippen molar-refractivity contribution in [1.29, 1.82) is 0 Å². The molecule has 0 atom stereocenters. The molecule has 0 aromatic carbocycles. The molecule has 0 aliphatic heterocycles. The monoisotopic (exact) mass is 263 g/mol. The third kappa shape index (κ3) is 1.99. The number of nitrogens with zero attached hydrogens (tertiary/aromatic N) is 1. The molecule has 4 heteroatoms. The summed E-state index contributed by atoms with van der Waals surface area (Å²) in [6.07, 6.45) is 0. The van der Waals surface area contributed by atoms with Crippen molar-refractivity contribution in [2.75, 3.05) is 5.32 Å². The second-order valence-electron chi connectivity index (χ2n) is 6.27. The van der Waals surface area contributed by atoms with Gasteiger partial charge < -0.3 is 11.1 Å². The van der Waals surface area contributed by atoms with Crippen molar-refractivity contribution in [1.82, 2.24) is 4.98 Å². The Bertz CT molecular complexity index is 492. The van der Waals surface area contributed by atoms with E-state index in [1.54, 1.807) is 0 Å². The van der Waals surface area contributed by atoms with E-state index in [-0.39, 0.29) is 10.8 Å². The molecule has 0 bridgehead atoms. The van der Waals surface area contributed by atoms with Gasteiger partial charge in [-0.05, 0) is 29.9 Å². The minimum Gasteiger partial charge on any atom is -0.389 e. The second-order valence-corrected chi connectivity index (χ2v) is 6.71. The van der Waals surface area contributed by atoms with Gasteiger partial charge in [-0.15, -0.1) is 0 Å². The van der Waals surface area contributed by atoms with Crippen molar-refractivity contribution in [3.8, 4) is 0 Å². The summed E-state index contributed by atoms with van der Waals surface area (Å²) >= 11 is 5.02. The molecule has 3 N–H and O–H groups in total. The summed E-state index contributed by atoms with van der Waals surface area (Å²) in [6.45, 7) is 11.0. The molecule has 1 aromatic heterocycles. The number of rotatable bonds is 3. The fourth-order valence-electron chi connectivity index (χ4n) is 2.59. The summed E-state index contributed by atoms with van der Waals surface area (Å²) in [7, 11) is 0. The molecule has 1 fully saturated rings. The SMILES string of the molecule is Cc1cc(C(N)=S)cc(NC2C(C)(C)C2(C)C)n1. The first kappa shape index (κ1) is 13.3. The maximum absolute atomic E-state index is 5.68. The zero-order valence-corrected chi connectivity index (χ0v) is 12.5. The van der Waals surface area contributed by atoms with E-state index in [2.05, 4.69) is 38.0 Å². The summed E-state index contributed by atoms with van der Waals surface area (Å²) in [5, 5.41) is 3.51. The largest absolute Gasteiger partial charge is 0.389 e. The highest BCUT2D eigenvalue weighted by molar-refractivity contribution is 7.80. The lowest BCUT2D eigenvalue weighted by atomic mass is 10.0. The van der Waals surface area contributed by atoms with Crippen molar-refractivity contribution in [3.63, 3.8) is 0 Å². The van der Waals surface area contributed by atoms with Crippen LogP contribution in [-0.4, -0.2) is 16.0 Å². The maximum atomic E-state index is 5.68. The van der Waals surface area contributed by atoms with Gasteiger partial charge in [0.05, 0.1) is 0 Å². The molecule has 98 valence electrons. The predicted molar refractivity (Wildman–Crippen MR) is 79.8 cm³/mol. The lowest BCUT2D eigenvalue weighted by molar-refractivity contribution is 0.457. The Labute approximate surface area is 114 Å². The van der Waals surface area contributed by atoms with Crippen molar-refractivity contribution in [2.45, 2.75) is 40.7 Å². The molecular formula is C14H21N3S. The summed E-state index contributed by atoms with van der Waals surface area (Å²) < 4.78 is 0. The maximum Gasteiger partial charge on any atom is 0.127 e. The van der Waals surface area contributed by atoms with Crippen molar-refractivity contribution in [2.24, 2.45) is 16.6 Å². The average molecular weight is 263 g/mol. The van der Waals surface area contributed by atoms with Crippen LogP contribution < -0.4 is 11.1 Å². The normalized spacial score (nSPS) is 20.5. The Morgan fingerprint density at radius 1 is 1.28 bits per heavy atom. The van der Waals surface area contributed by atoms with Crippen LogP contribution in [0.2, 0.25) is 0 Å². The van der Waals surface area contributed by atoms with Gasteiger partial charge in [-0.1, -0.05) is 39.9 Å². The standard InChI is InChI=1S/C14H21N3S/c1-8-6-9(11(15)18)7-10(16-8)17-12-13(2,3)14(12,4)5/h6-7,12H,1-5H3,(H2,15,18)(H,16,17). The van der Waals surface area contributed by atoms with Gasteiger partial charge in [-0.25, -0.2) is 4.98 Å². The van der Waals surface area contributed by atoms with Crippen molar-refractivity contribution in [3.05, 3.63) is 23.4 Å². The number of nitrogens with two attached hydrogens (primary N) is 1. The summed E-state index contributed by atoms with van der Waals surface area (Å²) in [5.74, 6) is 0.862. The first-order valence-electron chi connectivity index (χ1n) is 6.21. The van der Waals surface area contributed by atoms with Gasteiger partial charge in [0, 0.05) is 17.3 Å². The van der Waals surface area contributed by atoms with Crippen LogP contribution in [0.25, 0.3) is 0 Å². The van der Waals surface area contributed by atoms with Crippen LogP contribution in [0.1, 0.15) is 39.0 Å².